The quantitative estimate of drug-likeness (QED) is 0.915. The van der Waals surface area contributed by atoms with Gasteiger partial charge in [0.15, 0.2) is 0 Å². The van der Waals surface area contributed by atoms with E-state index in [9.17, 15) is 9.18 Å². The molecule has 0 saturated heterocycles. The van der Waals surface area contributed by atoms with Crippen molar-refractivity contribution in [2.24, 2.45) is 0 Å². The summed E-state index contributed by atoms with van der Waals surface area (Å²) >= 11 is 0. The van der Waals surface area contributed by atoms with Crippen LogP contribution in [0.4, 0.5) is 10.1 Å². The first-order valence-electron chi connectivity index (χ1n) is 5.73. The number of rotatable bonds is 3. The lowest BCUT2D eigenvalue weighted by Gasteiger charge is -2.07. The van der Waals surface area contributed by atoms with E-state index in [0.29, 0.717) is 16.8 Å². The van der Waals surface area contributed by atoms with Crippen LogP contribution in [0.3, 0.4) is 0 Å². The molecule has 3 nitrogen and oxygen atoms in total. The summed E-state index contributed by atoms with van der Waals surface area (Å²) in [5.74, 6) is -0.765. The number of nitrogens with one attached hydrogen (secondary N) is 1. The molecule has 0 unspecified atom stereocenters. The number of carbonyl (C=O) groups excluding carboxylic acids is 1. The van der Waals surface area contributed by atoms with Gasteiger partial charge in [-0.2, -0.15) is 5.26 Å². The van der Waals surface area contributed by atoms with E-state index in [0.717, 1.165) is 0 Å². The zero-order valence-electron chi connectivity index (χ0n) is 10.1. The molecule has 2 aromatic rings. The van der Waals surface area contributed by atoms with Crippen LogP contribution in [0.2, 0.25) is 0 Å². The van der Waals surface area contributed by atoms with Crippen LogP contribution < -0.4 is 5.32 Å². The van der Waals surface area contributed by atoms with Crippen molar-refractivity contribution in [1.29, 1.82) is 5.26 Å². The average Bonchev–Trinajstić information content (AvgIpc) is 2.42. The second-order valence-electron chi connectivity index (χ2n) is 3.97. The van der Waals surface area contributed by atoms with E-state index in [2.05, 4.69) is 5.32 Å². The standard InChI is InChI=1S/C15H11FN2O/c16-13-7-3-1-5-11(13)9-15(19)18-14-8-4-2-6-12(14)10-17/h1-8H,9H2,(H,18,19). The molecule has 0 heterocycles. The lowest BCUT2D eigenvalue weighted by atomic mass is 10.1. The molecule has 19 heavy (non-hydrogen) atoms. The second kappa shape index (κ2) is 5.78. The van der Waals surface area contributed by atoms with Crippen LogP contribution in [0.15, 0.2) is 48.5 Å². The van der Waals surface area contributed by atoms with E-state index in [1.54, 1.807) is 42.5 Å². The second-order valence-corrected chi connectivity index (χ2v) is 3.97. The molecule has 0 aliphatic heterocycles. The van der Waals surface area contributed by atoms with Gasteiger partial charge in [0, 0.05) is 0 Å². The van der Waals surface area contributed by atoms with Crippen molar-refractivity contribution in [3.63, 3.8) is 0 Å². The topological polar surface area (TPSA) is 52.9 Å². The normalized spacial score (nSPS) is 9.68. The maximum atomic E-state index is 13.4. The van der Waals surface area contributed by atoms with Crippen LogP contribution in [-0.2, 0) is 11.2 Å². The van der Waals surface area contributed by atoms with Gasteiger partial charge in [0.2, 0.25) is 5.91 Å². The summed E-state index contributed by atoms with van der Waals surface area (Å²) in [5.41, 5.74) is 1.14. The minimum atomic E-state index is -0.411. The van der Waals surface area contributed by atoms with Gasteiger partial charge in [-0.3, -0.25) is 4.79 Å². The molecule has 2 rings (SSSR count). The lowest BCUT2D eigenvalue weighted by molar-refractivity contribution is -0.115. The molecule has 0 bridgehead atoms. The molecule has 0 aliphatic rings. The van der Waals surface area contributed by atoms with E-state index in [1.807, 2.05) is 6.07 Å². The number of hydrogen-bond acceptors (Lipinski definition) is 2. The number of anilines is 1. The van der Waals surface area contributed by atoms with Crippen molar-refractivity contribution < 1.29 is 9.18 Å². The van der Waals surface area contributed by atoms with E-state index < -0.39 is 5.82 Å². The van der Waals surface area contributed by atoms with Crippen molar-refractivity contribution in [3.05, 3.63) is 65.5 Å². The molecule has 94 valence electrons. The van der Waals surface area contributed by atoms with Gasteiger partial charge >= 0.3 is 0 Å². The molecule has 1 amide bonds. The maximum absolute atomic E-state index is 13.4. The third-order valence-corrected chi connectivity index (χ3v) is 2.63. The minimum Gasteiger partial charge on any atom is -0.325 e. The maximum Gasteiger partial charge on any atom is 0.228 e. The molecule has 0 atom stereocenters. The number of nitriles is 1. The Morgan fingerprint density at radius 2 is 1.84 bits per heavy atom. The van der Waals surface area contributed by atoms with Crippen LogP contribution in [0.1, 0.15) is 11.1 Å². The first kappa shape index (κ1) is 12.8. The smallest absolute Gasteiger partial charge is 0.228 e. The van der Waals surface area contributed by atoms with Gasteiger partial charge in [0.25, 0.3) is 0 Å². The zero-order chi connectivity index (χ0) is 13.7. The third-order valence-electron chi connectivity index (χ3n) is 2.63. The summed E-state index contributed by atoms with van der Waals surface area (Å²) in [5, 5.41) is 11.5. The number of halogens is 1. The van der Waals surface area contributed by atoms with Crippen LogP contribution in [-0.4, -0.2) is 5.91 Å². The van der Waals surface area contributed by atoms with Crippen LogP contribution in [0, 0.1) is 17.1 Å². The summed E-state index contributed by atoms with van der Waals surface area (Å²) in [4.78, 5) is 11.8. The summed E-state index contributed by atoms with van der Waals surface area (Å²) < 4.78 is 13.4. The van der Waals surface area contributed by atoms with E-state index in [1.165, 1.54) is 6.07 Å². The summed E-state index contributed by atoms with van der Waals surface area (Å²) in [6.45, 7) is 0. The fraction of sp³-hybridized carbons (Fsp3) is 0.0667. The average molecular weight is 254 g/mol. The Bertz CT molecular complexity index is 647. The highest BCUT2D eigenvalue weighted by Crippen LogP contribution is 2.14. The fourth-order valence-corrected chi connectivity index (χ4v) is 1.70. The van der Waals surface area contributed by atoms with E-state index >= 15 is 0 Å². The van der Waals surface area contributed by atoms with E-state index in [4.69, 9.17) is 5.26 Å². The van der Waals surface area contributed by atoms with Crippen molar-refractivity contribution in [3.8, 4) is 6.07 Å². The largest absolute Gasteiger partial charge is 0.325 e. The van der Waals surface area contributed by atoms with Gasteiger partial charge in [-0.15, -0.1) is 0 Å². The van der Waals surface area contributed by atoms with Crippen molar-refractivity contribution in [2.75, 3.05) is 5.32 Å². The monoisotopic (exact) mass is 254 g/mol. The Kier molecular flexibility index (Phi) is 3.89. The number of amides is 1. The SMILES string of the molecule is N#Cc1ccccc1NC(=O)Cc1ccccc1F. The van der Waals surface area contributed by atoms with Gasteiger partial charge in [0.05, 0.1) is 17.7 Å². The van der Waals surface area contributed by atoms with Crippen LogP contribution in [0.5, 0.6) is 0 Å². The molecule has 1 N–H and O–H groups in total. The van der Waals surface area contributed by atoms with Gasteiger partial charge in [-0.05, 0) is 23.8 Å². The third kappa shape index (κ3) is 3.17. The number of benzene rings is 2. The highest BCUT2D eigenvalue weighted by Gasteiger charge is 2.09. The predicted octanol–water partition coefficient (Wildman–Crippen LogP) is 2.88. The van der Waals surface area contributed by atoms with Crippen molar-refractivity contribution >= 4 is 11.6 Å². The first-order chi connectivity index (χ1) is 9.20. The Labute approximate surface area is 110 Å². The van der Waals surface area contributed by atoms with Gasteiger partial charge in [-0.1, -0.05) is 30.3 Å². The highest BCUT2D eigenvalue weighted by atomic mass is 19.1. The molecule has 0 fully saturated rings. The number of para-hydroxylation sites is 1. The predicted molar refractivity (Wildman–Crippen MR) is 69.9 cm³/mol. The molecule has 0 spiro atoms. The minimum absolute atomic E-state index is 0.0631. The van der Waals surface area contributed by atoms with Gasteiger partial charge < -0.3 is 5.32 Å². The number of carbonyl (C=O) groups is 1. The summed E-state index contributed by atoms with van der Waals surface area (Å²) in [6, 6.07) is 14.8. The molecule has 4 heteroatoms. The zero-order valence-corrected chi connectivity index (χ0v) is 10.1. The van der Waals surface area contributed by atoms with Crippen LogP contribution in [0.25, 0.3) is 0 Å². The Hall–Kier alpha value is -2.67. The molecular formula is C15H11FN2O. The molecule has 2 aromatic carbocycles. The molecule has 0 saturated carbocycles. The Morgan fingerprint density at radius 3 is 2.58 bits per heavy atom. The van der Waals surface area contributed by atoms with Crippen LogP contribution >= 0.6 is 0 Å². The lowest BCUT2D eigenvalue weighted by Crippen LogP contribution is -2.15. The van der Waals surface area contributed by atoms with Crippen molar-refractivity contribution in [1.82, 2.24) is 0 Å². The first-order valence-corrected chi connectivity index (χ1v) is 5.73. The number of hydrogen-bond donors (Lipinski definition) is 1. The number of nitrogens with zero attached hydrogens (tertiary/aromatic N) is 1. The fourth-order valence-electron chi connectivity index (χ4n) is 1.70. The summed E-state index contributed by atoms with van der Waals surface area (Å²) in [7, 11) is 0. The van der Waals surface area contributed by atoms with Crippen molar-refractivity contribution in [2.45, 2.75) is 6.42 Å². The molecular weight excluding hydrogens is 243 g/mol. The molecule has 0 aliphatic carbocycles. The van der Waals surface area contributed by atoms with Gasteiger partial charge in [0.1, 0.15) is 11.9 Å². The molecule has 0 aromatic heterocycles. The summed E-state index contributed by atoms with van der Waals surface area (Å²) in [6.07, 6.45) is -0.0631. The highest BCUT2D eigenvalue weighted by molar-refractivity contribution is 5.93. The molecule has 0 radical (unpaired) electrons. The van der Waals surface area contributed by atoms with E-state index in [-0.39, 0.29) is 12.3 Å². The Balaban J connectivity index is 2.11. The Morgan fingerprint density at radius 1 is 1.16 bits per heavy atom. The van der Waals surface area contributed by atoms with Gasteiger partial charge in [-0.25, -0.2) is 4.39 Å².